The van der Waals surface area contributed by atoms with Gasteiger partial charge < -0.3 is 79.6 Å². The fourth-order valence-corrected chi connectivity index (χ4v) is 12.5. The summed E-state index contributed by atoms with van der Waals surface area (Å²) in [6.45, 7) is 18.8. The molecule has 7 aromatic carbocycles. The third kappa shape index (κ3) is 37.7. The summed E-state index contributed by atoms with van der Waals surface area (Å²) in [5.41, 5.74) is 6.45. The predicted molar refractivity (Wildman–Crippen MR) is 515 cm³/mol. The van der Waals surface area contributed by atoms with Crippen LogP contribution in [0.1, 0.15) is 128 Å². The van der Waals surface area contributed by atoms with Gasteiger partial charge in [-0.2, -0.15) is 0 Å². The maximum absolute atomic E-state index is 12.8. The van der Waals surface area contributed by atoms with E-state index < -0.39 is 140 Å². The summed E-state index contributed by atoms with van der Waals surface area (Å²) in [5.74, 6) is -8.27. The lowest BCUT2D eigenvalue weighted by Gasteiger charge is -2.34. The van der Waals surface area contributed by atoms with Crippen LogP contribution in [-0.2, 0) is 76.6 Å². The van der Waals surface area contributed by atoms with E-state index >= 15 is 0 Å². The van der Waals surface area contributed by atoms with Gasteiger partial charge in [0.15, 0.2) is 4.30 Å². The summed E-state index contributed by atoms with van der Waals surface area (Å²) >= 11 is 23.9. The van der Waals surface area contributed by atoms with E-state index in [1.165, 1.54) is 58.3 Å². The van der Waals surface area contributed by atoms with Crippen molar-refractivity contribution in [2.24, 2.45) is 0 Å². The first kappa shape index (κ1) is 116. The molecular weight excluding hydrogens is 1980 g/mol. The second-order valence-electron chi connectivity index (χ2n) is 31.8. The van der Waals surface area contributed by atoms with Crippen LogP contribution >= 0.6 is 58.0 Å². The van der Waals surface area contributed by atoms with Gasteiger partial charge in [0.2, 0.25) is 11.8 Å². The summed E-state index contributed by atoms with van der Waals surface area (Å²) < 4.78 is 36.6. The van der Waals surface area contributed by atoms with Crippen LogP contribution in [0.5, 0.6) is 40.2 Å². The van der Waals surface area contributed by atoms with Crippen LogP contribution in [0.4, 0.5) is 32.3 Å². The maximum Gasteiger partial charge on any atom is 0.411 e. The lowest BCUT2D eigenvalue weighted by Crippen LogP contribution is -2.50. The molecule has 7 aromatic rings. The van der Waals surface area contributed by atoms with Crippen LogP contribution in [-0.4, -0.2) is 241 Å². The third-order valence-electron chi connectivity index (χ3n) is 18.8. The number of benzene rings is 7. The van der Waals surface area contributed by atoms with E-state index in [4.69, 9.17) is 102 Å². The van der Waals surface area contributed by atoms with E-state index in [2.05, 4.69) is 28.6 Å². The molecule has 7 aliphatic rings. The average Bonchev–Trinajstić information content (AvgIpc) is 1.76. The van der Waals surface area contributed by atoms with Gasteiger partial charge in [0.25, 0.3) is 59.2 Å². The number of amides is 12. The molecule has 42 nitrogen and oxygen atoms in total. The number of hydroxylamine groups is 2. The van der Waals surface area contributed by atoms with Crippen molar-refractivity contribution >= 4 is 188 Å². The quantitative estimate of drug-likeness (QED) is 0.00300. The first-order valence-electron chi connectivity index (χ1n) is 42.3. The number of likely N-dealkylation sites (tertiary alicyclic amines) is 2. The Hall–Kier alpha value is -15.9. The van der Waals surface area contributed by atoms with Crippen LogP contribution in [0.25, 0.3) is 0 Å². The number of aliphatic hydroxyl groups excluding tert-OH is 1. The number of nitrogen functional groups attached to an aromatic ring is 1. The molecular formula is C96H97Cl5N10O32. The zero-order chi connectivity index (χ0) is 106. The SMILES string of the molecule is C=C1C[C@@H](C2OC(=O)c3cc(NC(=O)CCN4C(=O)C=CC4=O)ccc3O2)N(C(=O)OC(C)(C)C)C1.C=C1C[C@@H](C=O)N(C(=O)OC(C)(C)C)C1.CO.ClC(Cl)Cl.ClCCl.Nc1ccc(O)c(C(=O)Oc2ccccc2)c1.O=C(CCN1C(=O)C=CC1=O)Nc1ccc(O)c(C(=O)Oc2ccccc2)c1.O=C(CCN1C(=O)C=CC1=O)ON1C(=O)CCC1=O.O=C(Oc1ccccc1)c1cc([N+](=O)[O-])ccc1O. The molecule has 0 spiro atoms. The van der Waals surface area contributed by atoms with Crippen molar-refractivity contribution in [3.05, 3.63) is 257 Å². The lowest BCUT2D eigenvalue weighted by atomic mass is 10.1. The Morgan fingerprint density at radius 2 is 0.881 bits per heavy atom. The number of carbonyl (C=O) groups excluding carboxylic acids is 18. The van der Waals surface area contributed by atoms with Gasteiger partial charge in [-0.05, 0) is 151 Å². The summed E-state index contributed by atoms with van der Waals surface area (Å²) in [7, 11) is 1.00. The van der Waals surface area contributed by atoms with E-state index in [-0.39, 0.29) is 120 Å². The Balaban J connectivity index is 0.000000264. The number of halogens is 5. The van der Waals surface area contributed by atoms with Gasteiger partial charge in [-0.1, -0.05) is 114 Å². The Morgan fingerprint density at radius 1 is 0.517 bits per heavy atom. The van der Waals surface area contributed by atoms with Gasteiger partial charge in [-0.15, -0.1) is 28.3 Å². The molecule has 143 heavy (non-hydrogen) atoms. The van der Waals surface area contributed by atoms with Gasteiger partial charge in [0, 0.05) is 131 Å². The number of imide groups is 4. The molecule has 1 unspecified atom stereocenters. The van der Waals surface area contributed by atoms with Crippen molar-refractivity contribution in [2.75, 3.05) is 61.5 Å². The molecule has 7 heterocycles. The van der Waals surface area contributed by atoms with Crippen molar-refractivity contribution in [1.82, 2.24) is 29.6 Å². The topological polar surface area (TPSA) is 575 Å². The van der Waals surface area contributed by atoms with E-state index in [0.29, 0.717) is 53.1 Å². The number of non-ortho nitro benzene ring substituents is 1. The minimum atomic E-state index is -1.05. The number of aldehydes is 1. The van der Waals surface area contributed by atoms with Crippen LogP contribution < -0.4 is 35.3 Å². The number of nitrogens with zero attached hydrogens (tertiary/aromatic N) is 7. The van der Waals surface area contributed by atoms with Gasteiger partial charge in [-0.25, -0.2) is 33.6 Å². The molecule has 0 saturated carbocycles. The molecule has 8 N–H and O–H groups in total. The monoisotopic (exact) mass is 2080 g/mol. The Bertz CT molecular complexity index is 5920. The fraction of sp³-hybridized carbons (Fsp3) is 0.271. The van der Waals surface area contributed by atoms with Crippen molar-refractivity contribution < 1.29 is 150 Å². The zero-order valence-electron chi connectivity index (χ0n) is 77.4. The Labute approximate surface area is 841 Å². The highest BCUT2D eigenvalue weighted by molar-refractivity contribution is 6.63. The third-order valence-corrected chi connectivity index (χ3v) is 18.8. The standard InChI is InChI=1S/C25H27N3O8.C20H16N2O6.C13H9NO5.C13H11NO3.C11H10N2O6.C11H17NO3.CHCl3.CH2Cl2.CH4O/c1-14-11-17(28(13-14)24(33)36-25(2,3)4)23-34-18-6-5-15(12-16(18)22(32)35-23)26-19(29)9-10-27-20(30)7-8-21(27)31;23-16-7-6-13(12-15(16)20(27)28-14-4-2-1-3-5-14)21-17(24)10-11-22-18(25)8-9-19(22)26;15-12-7-6-9(14(17)18)8-11(12)13(16)19-10-4-2-1-3-5-10;14-9-6-7-12(15)11(8-9)13(16)17-10-4-2-1-3-5-10;14-7-1-2-8(15)12(7)6-5-11(18)19-13-9(16)3-4-10(13)17;1-8-5-9(7-13)12(6-8)10(14)15-11(2,3)4;2-1(3)4;2-1-3;1-2/h5-8,12,17,23H,1,9-11,13H2,2-4H3,(H,26,29);1-9,12,23H,10-11H2,(H,21,24);1-8,15H;1-8,15H,14H2;1-2H,3-6H2;7,9H,1,5-6H2,2-4H3;1H;1H2;2H,1H3/t17-,23?;;;;;9-;;;/m0....0.../s1. The number of hydrogen-bond donors (Lipinski definition) is 7. The van der Waals surface area contributed by atoms with E-state index in [1.54, 1.807) is 133 Å². The number of phenolic OH excluding ortho intramolecular Hbond substituents is 3. The molecule has 47 heteroatoms. The summed E-state index contributed by atoms with van der Waals surface area (Å²) in [6, 6.07) is 40.1. The van der Waals surface area contributed by atoms with Gasteiger partial charge in [0.05, 0.1) is 22.7 Å². The number of hydrogen-bond acceptors (Lipinski definition) is 33. The summed E-state index contributed by atoms with van der Waals surface area (Å²) in [6.07, 6.45) is 5.96. The highest BCUT2D eigenvalue weighted by Crippen LogP contribution is 2.37. The number of nitro groups is 1. The van der Waals surface area contributed by atoms with Crippen LogP contribution in [0, 0.1) is 10.1 Å². The minimum Gasteiger partial charge on any atom is -0.507 e. The number of nitrogens with one attached hydrogen (secondary N) is 2. The fourth-order valence-electron chi connectivity index (χ4n) is 12.5. The molecule has 3 saturated heterocycles. The maximum atomic E-state index is 12.8. The lowest BCUT2D eigenvalue weighted by molar-refractivity contribution is -0.384. The number of alkyl halides is 5. The smallest absolute Gasteiger partial charge is 0.411 e. The number of para-hydroxylation sites is 3. The molecule has 3 fully saturated rings. The number of aromatic hydroxyl groups is 3. The van der Waals surface area contributed by atoms with E-state index in [1.807, 2.05) is 6.07 Å². The number of fused-ring (bicyclic) bond motifs is 1. The molecule has 7 aliphatic heterocycles. The first-order chi connectivity index (χ1) is 67.5. The van der Waals surface area contributed by atoms with E-state index in [9.17, 15) is 112 Å². The van der Waals surface area contributed by atoms with Crippen molar-refractivity contribution in [3.63, 3.8) is 0 Å². The Kier molecular flexibility index (Phi) is 45.2. The predicted octanol–water partition coefficient (Wildman–Crippen LogP) is 12.6. The minimum absolute atomic E-state index is 0.0130. The molecule has 3 atom stereocenters. The summed E-state index contributed by atoms with van der Waals surface area (Å²) in [4.78, 5) is 231. The van der Waals surface area contributed by atoms with Crippen molar-refractivity contribution in [1.29, 1.82) is 0 Å². The molecule has 0 aromatic heterocycles. The molecule has 14 rings (SSSR count). The Morgan fingerprint density at radius 3 is 1.29 bits per heavy atom. The van der Waals surface area contributed by atoms with Gasteiger partial charge >= 0.3 is 42.0 Å². The highest BCUT2D eigenvalue weighted by Gasteiger charge is 2.45. The number of phenols is 3. The number of carbonyl (C=O) groups is 18. The van der Waals surface area contributed by atoms with Crippen LogP contribution in [0.3, 0.4) is 0 Å². The summed E-state index contributed by atoms with van der Waals surface area (Å²) in [5, 5.41) is 52.4. The number of nitro benzene ring substituents is 1. The number of rotatable bonds is 21. The van der Waals surface area contributed by atoms with Gasteiger partial charge in [0.1, 0.15) is 86.0 Å². The van der Waals surface area contributed by atoms with Crippen LogP contribution in [0.2, 0.25) is 0 Å². The average molecular weight is 2080 g/mol. The van der Waals surface area contributed by atoms with E-state index in [0.717, 1.165) is 93.9 Å². The second kappa shape index (κ2) is 55.8. The first-order valence-corrected chi connectivity index (χ1v) is 44.7. The van der Waals surface area contributed by atoms with Crippen molar-refractivity contribution in [3.8, 4) is 40.2 Å². The second-order valence-corrected chi connectivity index (χ2v) is 34.6. The number of ether oxygens (including phenoxy) is 7. The number of esters is 4. The molecule has 0 radical (unpaired) electrons. The zero-order valence-corrected chi connectivity index (χ0v) is 81.1. The number of anilines is 3. The normalized spacial score (nSPS) is 15.6. The molecule has 0 aliphatic carbocycles. The number of nitrogens with two attached hydrogens (primary N) is 1. The largest absolute Gasteiger partial charge is 0.507 e. The number of cyclic esters (lactones) is 1. The van der Waals surface area contributed by atoms with Crippen molar-refractivity contribution in [2.45, 2.75) is 120 Å². The molecule has 758 valence electrons. The van der Waals surface area contributed by atoms with Crippen LogP contribution in [0.15, 0.2) is 225 Å². The molecule has 0 bridgehead atoms. The highest BCUT2D eigenvalue weighted by atomic mass is 35.6. The van der Waals surface area contributed by atoms with Gasteiger partial charge in [-0.3, -0.25) is 82.6 Å². The number of aliphatic hydroxyl groups is 1. The molecule has 12 amide bonds.